The highest BCUT2D eigenvalue weighted by molar-refractivity contribution is 7.15. The van der Waals surface area contributed by atoms with Crippen LogP contribution in [0.5, 0.6) is 10.8 Å². The van der Waals surface area contributed by atoms with Gasteiger partial charge in [0.05, 0.1) is 4.88 Å². The van der Waals surface area contributed by atoms with Gasteiger partial charge in [-0.1, -0.05) is 44.2 Å². The van der Waals surface area contributed by atoms with Crippen molar-refractivity contribution in [1.29, 1.82) is 0 Å². The van der Waals surface area contributed by atoms with Gasteiger partial charge in [-0.2, -0.15) is 0 Å². The Bertz CT molecular complexity index is 591. The smallest absolute Gasteiger partial charge is 0.181 e. The van der Waals surface area contributed by atoms with Crippen molar-refractivity contribution in [2.45, 2.75) is 33.1 Å². The maximum absolute atomic E-state index is 10.7. The molecule has 0 spiro atoms. The van der Waals surface area contributed by atoms with E-state index >= 15 is 0 Å². The fraction of sp³-hybridized carbons (Fsp3) is 0.312. The van der Waals surface area contributed by atoms with Crippen LogP contribution in [0.25, 0.3) is 0 Å². The van der Waals surface area contributed by atoms with E-state index in [1.807, 2.05) is 19.1 Å². The average molecular weight is 274 g/mol. The van der Waals surface area contributed by atoms with Gasteiger partial charge in [0, 0.05) is 5.56 Å². The number of benzene rings is 1. The van der Waals surface area contributed by atoms with E-state index in [0.29, 0.717) is 4.88 Å². The highest BCUT2D eigenvalue weighted by Crippen LogP contribution is 2.36. The molecule has 19 heavy (non-hydrogen) atoms. The van der Waals surface area contributed by atoms with Gasteiger partial charge >= 0.3 is 0 Å². The first-order valence-electron chi connectivity index (χ1n) is 6.24. The van der Waals surface area contributed by atoms with E-state index in [9.17, 15) is 4.79 Å². The van der Waals surface area contributed by atoms with E-state index in [-0.39, 0.29) is 5.41 Å². The second kappa shape index (κ2) is 5.17. The summed E-state index contributed by atoms with van der Waals surface area (Å²) in [5, 5.41) is 0.748. The summed E-state index contributed by atoms with van der Waals surface area (Å²) in [5.41, 5.74) is 2.35. The third-order valence-corrected chi connectivity index (χ3v) is 3.76. The standard InChI is InChI=1S/C16H18O2S/c1-11-5-7-13(16(2,3)4)14(9-11)18-15-8-6-12(10-17)19-15/h5-10H,1-4H3. The first-order valence-corrected chi connectivity index (χ1v) is 7.06. The fourth-order valence-electron chi connectivity index (χ4n) is 1.89. The second-order valence-corrected chi connectivity index (χ2v) is 6.70. The van der Waals surface area contributed by atoms with Crippen molar-refractivity contribution in [1.82, 2.24) is 0 Å². The van der Waals surface area contributed by atoms with Crippen LogP contribution in [-0.4, -0.2) is 6.29 Å². The fourth-order valence-corrected chi connectivity index (χ4v) is 2.58. The molecule has 0 saturated heterocycles. The molecule has 0 amide bonds. The lowest BCUT2D eigenvalue weighted by atomic mass is 9.86. The number of aldehydes is 1. The Labute approximate surface area is 118 Å². The number of thiophene rings is 1. The van der Waals surface area contributed by atoms with Gasteiger partial charge in [-0.05, 0) is 36.1 Å². The molecule has 0 aliphatic rings. The van der Waals surface area contributed by atoms with Crippen molar-refractivity contribution in [3.8, 4) is 10.8 Å². The zero-order chi connectivity index (χ0) is 14.0. The predicted molar refractivity (Wildman–Crippen MR) is 79.7 cm³/mol. The molecule has 3 heteroatoms. The quantitative estimate of drug-likeness (QED) is 0.739. The van der Waals surface area contributed by atoms with E-state index in [0.717, 1.165) is 22.7 Å². The zero-order valence-corrected chi connectivity index (χ0v) is 12.5. The summed E-state index contributed by atoms with van der Waals surface area (Å²) in [7, 11) is 0. The lowest BCUT2D eigenvalue weighted by Gasteiger charge is -2.22. The Kier molecular flexibility index (Phi) is 3.76. The Morgan fingerprint density at radius 2 is 1.89 bits per heavy atom. The van der Waals surface area contributed by atoms with Gasteiger partial charge in [-0.15, -0.1) is 0 Å². The minimum atomic E-state index is 0.0216. The largest absolute Gasteiger partial charge is 0.446 e. The molecule has 2 rings (SSSR count). The molecule has 0 aliphatic carbocycles. The third kappa shape index (κ3) is 3.24. The van der Waals surface area contributed by atoms with Gasteiger partial charge < -0.3 is 4.74 Å². The van der Waals surface area contributed by atoms with Crippen molar-refractivity contribution in [2.24, 2.45) is 0 Å². The van der Waals surface area contributed by atoms with Crippen molar-refractivity contribution in [3.05, 3.63) is 46.3 Å². The molecule has 1 aromatic carbocycles. The van der Waals surface area contributed by atoms with Gasteiger partial charge in [0.1, 0.15) is 5.75 Å². The number of rotatable bonds is 3. The molecule has 0 aliphatic heterocycles. The molecule has 0 N–H and O–H groups in total. The van der Waals surface area contributed by atoms with Crippen LogP contribution in [0.4, 0.5) is 0 Å². The van der Waals surface area contributed by atoms with Crippen LogP contribution in [0, 0.1) is 6.92 Å². The van der Waals surface area contributed by atoms with Crippen LogP contribution in [-0.2, 0) is 5.41 Å². The normalized spacial score (nSPS) is 11.4. The number of hydrogen-bond acceptors (Lipinski definition) is 3. The van der Waals surface area contributed by atoms with Crippen molar-refractivity contribution >= 4 is 17.6 Å². The molecule has 0 bridgehead atoms. The summed E-state index contributed by atoms with van der Waals surface area (Å²) >= 11 is 1.36. The highest BCUT2D eigenvalue weighted by atomic mass is 32.1. The number of carbonyl (C=O) groups is 1. The van der Waals surface area contributed by atoms with Gasteiger partial charge in [0.2, 0.25) is 0 Å². The first-order chi connectivity index (χ1) is 8.90. The topological polar surface area (TPSA) is 26.3 Å². The molecule has 0 atom stereocenters. The molecule has 1 heterocycles. The Morgan fingerprint density at radius 1 is 1.16 bits per heavy atom. The predicted octanol–water partition coefficient (Wildman–Crippen LogP) is 4.96. The molecule has 2 aromatic rings. The SMILES string of the molecule is Cc1ccc(C(C)(C)C)c(Oc2ccc(C=O)s2)c1. The maximum Gasteiger partial charge on any atom is 0.181 e. The van der Waals surface area contributed by atoms with Gasteiger partial charge in [-0.25, -0.2) is 0 Å². The van der Waals surface area contributed by atoms with Crippen LogP contribution in [0.15, 0.2) is 30.3 Å². The van der Waals surface area contributed by atoms with E-state index < -0.39 is 0 Å². The molecule has 0 unspecified atom stereocenters. The highest BCUT2D eigenvalue weighted by Gasteiger charge is 2.19. The molecule has 0 saturated carbocycles. The van der Waals surface area contributed by atoms with E-state index in [4.69, 9.17) is 4.74 Å². The minimum Gasteiger partial charge on any atom is -0.446 e. The van der Waals surface area contributed by atoms with Crippen LogP contribution >= 0.6 is 11.3 Å². The molecule has 0 radical (unpaired) electrons. The van der Waals surface area contributed by atoms with E-state index in [1.165, 1.54) is 16.9 Å². The zero-order valence-electron chi connectivity index (χ0n) is 11.7. The lowest BCUT2D eigenvalue weighted by Crippen LogP contribution is -2.12. The van der Waals surface area contributed by atoms with Gasteiger partial charge in [0.25, 0.3) is 0 Å². The summed E-state index contributed by atoms with van der Waals surface area (Å²) in [6, 6.07) is 9.86. The van der Waals surface area contributed by atoms with Gasteiger partial charge in [-0.3, -0.25) is 4.79 Å². The molecule has 2 nitrogen and oxygen atoms in total. The first kappa shape index (κ1) is 13.8. The molecular weight excluding hydrogens is 256 g/mol. The molecule has 100 valence electrons. The number of aryl methyl sites for hydroxylation is 1. The van der Waals surface area contributed by atoms with Crippen molar-refractivity contribution < 1.29 is 9.53 Å². The van der Waals surface area contributed by atoms with Crippen LogP contribution < -0.4 is 4.74 Å². The number of carbonyl (C=O) groups excluding carboxylic acids is 1. The Balaban J connectivity index is 2.38. The van der Waals surface area contributed by atoms with E-state index in [2.05, 4.69) is 32.9 Å². The summed E-state index contributed by atoms with van der Waals surface area (Å²) in [6.07, 6.45) is 0.846. The van der Waals surface area contributed by atoms with Crippen LogP contribution in [0.2, 0.25) is 0 Å². The van der Waals surface area contributed by atoms with E-state index in [1.54, 1.807) is 6.07 Å². The maximum atomic E-state index is 10.7. The second-order valence-electron chi connectivity index (χ2n) is 5.63. The Hall–Kier alpha value is -1.61. The minimum absolute atomic E-state index is 0.0216. The summed E-state index contributed by atoms with van der Waals surface area (Å²) in [5.74, 6) is 0.867. The summed E-state index contributed by atoms with van der Waals surface area (Å²) in [6.45, 7) is 8.53. The van der Waals surface area contributed by atoms with Gasteiger partial charge in [0.15, 0.2) is 11.3 Å². The number of hydrogen-bond donors (Lipinski definition) is 0. The summed E-state index contributed by atoms with van der Waals surface area (Å²) < 4.78 is 5.96. The molecular formula is C16H18O2S. The molecule has 1 aromatic heterocycles. The average Bonchev–Trinajstić information content (AvgIpc) is 2.75. The Morgan fingerprint density at radius 3 is 2.47 bits per heavy atom. The van der Waals surface area contributed by atoms with Crippen molar-refractivity contribution in [3.63, 3.8) is 0 Å². The summed E-state index contributed by atoms with van der Waals surface area (Å²) in [4.78, 5) is 11.4. The van der Waals surface area contributed by atoms with Crippen molar-refractivity contribution in [2.75, 3.05) is 0 Å². The molecule has 0 fully saturated rings. The third-order valence-electron chi connectivity index (χ3n) is 2.87. The monoisotopic (exact) mass is 274 g/mol. The number of ether oxygens (including phenoxy) is 1. The lowest BCUT2D eigenvalue weighted by molar-refractivity contribution is 0.112. The van der Waals surface area contributed by atoms with Crippen LogP contribution in [0.3, 0.4) is 0 Å². The van der Waals surface area contributed by atoms with Crippen LogP contribution in [0.1, 0.15) is 41.6 Å².